The van der Waals surface area contributed by atoms with Gasteiger partial charge in [-0.25, -0.2) is 0 Å². The molecule has 2 rings (SSSR count). The first-order valence-electron chi connectivity index (χ1n) is 6.24. The first-order chi connectivity index (χ1) is 9.47. The van der Waals surface area contributed by atoms with E-state index in [2.05, 4.69) is 38.5 Å². The van der Waals surface area contributed by atoms with E-state index in [1.807, 2.05) is 44.2 Å². The highest BCUT2D eigenvalue weighted by Gasteiger charge is 2.13. The second kappa shape index (κ2) is 6.72. The lowest BCUT2D eigenvalue weighted by Gasteiger charge is -2.10. The summed E-state index contributed by atoms with van der Waals surface area (Å²) in [5.74, 6) is 0.798. The van der Waals surface area contributed by atoms with Gasteiger partial charge in [-0.2, -0.15) is 0 Å². The van der Waals surface area contributed by atoms with Gasteiger partial charge in [-0.05, 0) is 78.9 Å². The highest BCUT2D eigenvalue weighted by Crippen LogP contribution is 2.22. The molecule has 0 saturated carbocycles. The summed E-state index contributed by atoms with van der Waals surface area (Å²) >= 11 is 5.58. The Bertz CT molecular complexity index is 621. The SMILES string of the molecule is CC(C)Oc1ccc(C(=O)c2cc(Br)ccc2I)cc1. The van der Waals surface area contributed by atoms with Crippen LogP contribution >= 0.6 is 38.5 Å². The van der Waals surface area contributed by atoms with Crippen molar-refractivity contribution in [2.75, 3.05) is 0 Å². The zero-order chi connectivity index (χ0) is 14.7. The normalized spacial score (nSPS) is 10.7. The Hall–Kier alpha value is -0.880. The molecule has 0 saturated heterocycles. The number of rotatable bonds is 4. The zero-order valence-electron chi connectivity index (χ0n) is 11.2. The van der Waals surface area contributed by atoms with Crippen molar-refractivity contribution in [2.24, 2.45) is 0 Å². The molecule has 0 aliphatic rings. The average molecular weight is 445 g/mol. The van der Waals surface area contributed by atoms with Gasteiger partial charge < -0.3 is 4.74 Å². The third-order valence-electron chi connectivity index (χ3n) is 2.66. The van der Waals surface area contributed by atoms with Gasteiger partial charge in [0.15, 0.2) is 5.78 Å². The van der Waals surface area contributed by atoms with Crippen LogP contribution in [0.15, 0.2) is 46.9 Å². The maximum atomic E-state index is 12.5. The van der Waals surface area contributed by atoms with E-state index in [1.54, 1.807) is 12.1 Å². The van der Waals surface area contributed by atoms with Crippen LogP contribution in [0.1, 0.15) is 29.8 Å². The fraction of sp³-hybridized carbons (Fsp3) is 0.188. The predicted octanol–water partition coefficient (Wildman–Crippen LogP) is 5.07. The molecular formula is C16H14BrIO2. The molecule has 0 aliphatic heterocycles. The third-order valence-corrected chi connectivity index (χ3v) is 4.10. The van der Waals surface area contributed by atoms with Gasteiger partial charge in [-0.3, -0.25) is 4.79 Å². The smallest absolute Gasteiger partial charge is 0.194 e. The molecule has 0 amide bonds. The quantitative estimate of drug-likeness (QED) is 0.486. The van der Waals surface area contributed by atoms with Crippen LogP contribution in [-0.4, -0.2) is 11.9 Å². The van der Waals surface area contributed by atoms with Gasteiger partial charge in [-0.15, -0.1) is 0 Å². The Morgan fingerprint density at radius 3 is 2.40 bits per heavy atom. The van der Waals surface area contributed by atoms with Crippen molar-refractivity contribution in [1.82, 2.24) is 0 Å². The molecule has 20 heavy (non-hydrogen) atoms. The maximum Gasteiger partial charge on any atom is 0.194 e. The molecule has 0 bridgehead atoms. The van der Waals surface area contributed by atoms with Crippen LogP contribution in [0.3, 0.4) is 0 Å². The minimum Gasteiger partial charge on any atom is -0.491 e. The summed E-state index contributed by atoms with van der Waals surface area (Å²) in [7, 11) is 0. The van der Waals surface area contributed by atoms with E-state index in [4.69, 9.17) is 4.74 Å². The molecule has 0 aliphatic carbocycles. The predicted molar refractivity (Wildman–Crippen MR) is 92.5 cm³/mol. The fourth-order valence-electron chi connectivity index (χ4n) is 1.78. The third kappa shape index (κ3) is 3.82. The van der Waals surface area contributed by atoms with Crippen LogP contribution in [0.5, 0.6) is 5.75 Å². The number of benzene rings is 2. The number of carbonyl (C=O) groups excluding carboxylic acids is 1. The number of hydrogen-bond acceptors (Lipinski definition) is 2. The monoisotopic (exact) mass is 444 g/mol. The standard InChI is InChI=1S/C16H14BrIO2/c1-10(2)20-13-6-3-11(4-7-13)16(19)14-9-12(17)5-8-15(14)18/h3-10H,1-2H3. The topological polar surface area (TPSA) is 26.3 Å². The number of ether oxygens (including phenoxy) is 1. The molecule has 0 radical (unpaired) electrons. The minimum absolute atomic E-state index is 0.0202. The molecule has 0 unspecified atom stereocenters. The van der Waals surface area contributed by atoms with E-state index in [1.165, 1.54) is 0 Å². The van der Waals surface area contributed by atoms with E-state index in [0.717, 1.165) is 13.8 Å². The Morgan fingerprint density at radius 1 is 1.15 bits per heavy atom. The van der Waals surface area contributed by atoms with Gasteiger partial charge in [0.05, 0.1) is 6.10 Å². The molecule has 0 N–H and O–H groups in total. The molecule has 2 nitrogen and oxygen atoms in total. The van der Waals surface area contributed by atoms with Crippen molar-refractivity contribution < 1.29 is 9.53 Å². The number of hydrogen-bond donors (Lipinski definition) is 0. The lowest BCUT2D eigenvalue weighted by molar-refractivity contribution is 0.103. The van der Waals surface area contributed by atoms with Crippen LogP contribution in [0.25, 0.3) is 0 Å². The Balaban J connectivity index is 2.27. The average Bonchev–Trinajstić information content (AvgIpc) is 2.41. The van der Waals surface area contributed by atoms with Crippen LogP contribution in [0, 0.1) is 3.57 Å². The van der Waals surface area contributed by atoms with Crippen molar-refractivity contribution >= 4 is 44.3 Å². The summed E-state index contributed by atoms with van der Waals surface area (Å²) in [6, 6.07) is 13.0. The highest BCUT2D eigenvalue weighted by molar-refractivity contribution is 14.1. The van der Waals surface area contributed by atoms with Gasteiger partial charge in [0.25, 0.3) is 0 Å². The van der Waals surface area contributed by atoms with Gasteiger partial charge >= 0.3 is 0 Å². The molecule has 2 aromatic carbocycles. The summed E-state index contributed by atoms with van der Waals surface area (Å²) in [5.41, 5.74) is 1.37. The summed E-state index contributed by atoms with van der Waals surface area (Å²) in [6.45, 7) is 3.95. The van der Waals surface area contributed by atoms with Crippen molar-refractivity contribution in [3.63, 3.8) is 0 Å². The van der Waals surface area contributed by atoms with Crippen molar-refractivity contribution in [1.29, 1.82) is 0 Å². The van der Waals surface area contributed by atoms with Crippen molar-refractivity contribution in [3.8, 4) is 5.75 Å². The van der Waals surface area contributed by atoms with Crippen LogP contribution in [0.4, 0.5) is 0 Å². The van der Waals surface area contributed by atoms with Crippen molar-refractivity contribution in [2.45, 2.75) is 20.0 Å². The molecule has 0 spiro atoms. The van der Waals surface area contributed by atoms with Crippen LogP contribution in [0.2, 0.25) is 0 Å². The van der Waals surface area contributed by atoms with Gasteiger partial charge in [0, 0.05) is 19.2 Å². The molecule has 2 aromatic rings. The van der Waals surface area contributed by atoms with E-state index < -0.39 is 0 Å². The van der Waals surface area contributed by atoms with E-state index >= 15 is 0 Å². The number of carbonyl (C=O) groups is 1. The molecule has 0 aromatic heterocycles. The number of halogens is 2. The highest BCUT2D eigenvalue weighted by atomic mass is 127. The largest absolute Gasteiger partial charge is 0.491 e. The Kier molecular flexibility index (Phi) is 5.21. The minimum atomic E-state index is 0.0202. The van der Waals surface area contributed by atoms with E-state index in [-0.39, 0.29) is 11.9 Å². The molecule has 4 heteroatoms. The van der Waals surface area contributed by atoms with E-state index in [9.17, 15) is 4.79 Å². The molecule has 0 fully saturated rings. The van der Waals surface area contributed by atoms with Crippen molar-refractivity contribution in [3.05, 3.63) is 61.6 Å². The second-order valence-corrected chi connectivity index (χ2v) is 6.72. The number of ketones is 1. The molecule has 0 heterocycles. The van der Waals surface area contributed by atoms with Gasteiger partial charge in [-0.1, -0.05) is 15.9 Å². The maximum absolute atomic E-state index is 12.5. The summed E-state index contributed by atoms with van der Waals surface area (Å²) in [4.78, 5) is 12.5. The molecule has 104 valence electrons. The summed E-state index contributed by atoms with van der Waals surface area (Å²) in [6.07, 6.45) is 0.127. The van der Waals surface area contributed by atoms with Gasteiger partial charge in [0.1, 0.15) is 5.75 Å². The van der Waals surface area contributed by atoms with E-state index in [0.29, 0.717) is 11.1 Å². The summed E-state index contributed by atoms with van der Waals surface area (Å²) < 4.78 is 7.42. The lowest BCUT2D eigenvalue weighted by atomic mass is 10.0. The first kappa shape index (κ1) is 15.5. The lowest BCUT2D eigenvalue weighted by Crippen LogP contribution is -2.07. The Morgan fingerprint density at radius 2 is 1.80 bits per heavy atom. The first-order valence-corrected chi connectivity index (χ1v) is 8.11. The van der Waals surface area contributed by atoms with Gasteiger partial charge in [0.2, 0.25) is 0 Å². The summed E-state index contributed by atoms with van der Waals surface area (Å²) in [5, 5.41) is 0. The fourth-order valence-corrected chi connectivity index (χ4v) is 2.73. The van der Waals surface area contributed by atoms with Crippen LogP contribution < -0.4 is 4.74 Å². The molecular weight excluding hydrogens is 431 g/mol. The zero-order valence-corrected chi connectivity index (χ0v) is 14.9. The second-order valence-electron chi connectivity index (χ2n) is 4.64. The Labute approximate surface area is 140 Å². The van der Waals surface area contributed by atoms with Crippen LogP contribution in [-0.2, 0) is 0 Å². The molecule has 0 atom stereocenters.